The molecule has 52 heavy (non-hydrogen) atoms. The third-order valence-corrected chi connectivity index (χ3v) is 10.4. The van der Waals surface area contributed by atoms with E-state index in [-0.39, 0.29) is 53.3 Å². The zero-order valence-electron chi connectivity index (χ0n) is 29.2. The molecular weight excluding hydrogens is 736 g/mol. The number of fused-ring (bicyclic) bond motifs is 1. The molecule has 0 spiro atoms. The second kappa shape index (κ2) is 13.8. The number of hydrogen-bond donors (Lipinski definition) is 1. The molecule has 2 N–H and O–H groups in total. The Labute approximate surface area is 308 Å². The van der Waals surface area contributed by atoms with Crippen molar-refractivity contribution in [1.82, 2.24) is 34.3 Å². The number of benzene rings is 3. The number of nitrogens with two attached hydrogens (primary N) is 1. The summed E-state index contributed by atoms with van der Waals surface area (Å²) in [5.41, 5.74) is 7.04. The number of imidazole rings is 1. The van der Waals surface area contributed by atoms with Crippen LogP contribution in [0.1, 0.15) is 39.2 Å². The Balaban J connectivity index is 1.16. The lowest BCUT2D eigenvalue weighted by atomic mass is 9.85. The summed E-state index contributed by atoms with van der Waals surface area (Å²) in [5, 5.41) is 8.56. The van der Waals surface area contributed by atoms with Crippen LogP contribution in [0.5, 0.6) is 0 Å². The standard InChI is InChI=1S/C37H40BrF2N9O3/c1-36(2,3)52-35(51)47-15-13-37(14-16-47,49-23-28(43-44-49)25-21-26(39)30(38)31(40)32(25)41)33(50)45-17-19-46(20-18-45)34-42-27-11-7-8-12-29(27)48(34)22-24-9-5-4-6-10-24/h4-12,21,23H,13-20,22,41H2,1-3H3. The number of carbonyl (C=O) groups is 2. The lowest BCUT2D eigenvalue weighted by molar-refractivity contribution is -0.144. The fourth-order valence-corrected chi connectivity index (χ4v) is 7.30. The van der Waals surface area contributed by atoms with Crippen molar-refractivity contribution < 1.29 is 23.1 Å². The molecule has 0 unspecified atom stereocenters. The summed E-state index contributed by atoms with van der Waals surface area (Å²) in [7, 11) is 0. The first-order chi connectivity index (χ1) is 24.8. The number of para-hydroxylation sites is 2. The highest BCUT2D eigenvalue weighted by molar-refractivity contribution is 9.10. The number of halogens is 3. The Kier molecular flexibility index (Phi) is 9.40. The number of nitrogen functional groups attached to an aromatic ring is 1. The number of piperidine rings is 1. The third-order valence-electron chi connectivity index (χ3n) is 9.72. The summed E-state index contributed by atoms with van der Waals surface area (Å²) in [6, 6.07) is 19.4. The molecule has 2 amide bonds. The fraction of sp³-hybridized carbons (Fsp3) is 0.378. The molecule has 2 aliphatic heterocycles. The number of nitrogens with zero attached hydrogens (tertiary/aromatic N) is 8. The number of aromatic nitrogens is 5. The molecule has 7 rings (SSSR count). The Morgan fingerprint density at radius 3 is 2.31 bits per heavy atom. The van der Waals surface area contributed by atoms with E-state index in [0.717, 1.165) is 28.6 Å². The molecule has 2 aliphatic rings. The van der Waals surface area contributed by atoms with E-state index in [1.807, 2.05) is 41.3 Å². The van der Waals surface area contributed by atoms with E-state index in [0.29, 0.717) is 32.7 Å². The summed E-state index contributed by atoms with van der Waals surface area (Å²) in [5.74, 6) is -1.13. The number of piperazine rings is 1. The SMILES string of the molecule is CC(C)(C)OC(=O)N1CCC(C(=O)N2CCN(c3nc4ccccc4n3Cc3ccccc3)CC2)(n2cc(-c3cc(F)c(Br)c(F)c3N)nn2)CC1. The van der Waals surface area contributed by atoms with Crippen molar-refractivity contribution in [3.05, 3.63) is 88.5 Å². The zero-order chi connectivity index (χ0) is 36.8. The van der Waals surface area contributed by atoms with Gasteiger partial charge in [0.05, 0.1) is 33.9 Å². The van der Waals surface area contributed by atoms with Gasteiger partial charge < -0.3 is 29.7 Å². The summed E-state index contributed by atoms with van der Waals surface area (Å²) in [6.07, 6.45) is 1.48. The highest BCUT2D eigenvalue weighted by Gasteiger charge is 2.48. The maximum Gasteiger partial charge on any atom is 0.410 e. The number of rotatable bonds is 6. The van der Waals surface area contributed by atoms with Crippen LogP contribution in [0.25, 0.3) is 22.3 Å². The lowest BCUT2D eigenvalue weighted by Gasteiger charge is -2.44. The topological polar surface area (TPSA) is 128 Å². The van der Waals surface area contributed by atoms with Gasteiger partial charge in [-0.15, -0.1) is 5.10 Å². The van der Waals surface area contributed by atoms with Crippen LogP contribution in [-0.4, -0.2) is 91.2 Å². The molecule has 0 saturated carbocycles. The van der Waals surface area contributed by atoms with E-state index >= 15 is 0 Å². The molecule has 5 aromatic rings. The highest BCUT2D eigenvalue weighted by Crippen LogP contribution is 2.37. The largest absolute Gasteiger partial charge is 0.444 e. The minimum atomic E-state index is -1.23. The minimum Gasteiger partial charge on any atom is -0.444 e. The van der Waals surface area contributed by atoms with Gasteiger partial charge in [0.1, 0.15) is 22.7 Å². The van der Waals surface area contributed by atoms with Crippen LogP contribution in [0.4, 0.5) is 25.2 Å². The van der Waals surface area contributed by atoms with Gasteiger partial charge in [0.2, 0.25) is 5.95 Å². The summed E-state index contributed by atoms with van der Waals surface area (Å²) in [6.45, 7) is 8.43. The van der Waals surface area contributed by atoms with Crippen LogP contribution in [0, 0.1) is 11.6 Å². The van der Waals surface area contributed by atoms with Crippen LogP contribution in [0.15, 0.2) is 71.3 Å². The third kappa shape index (κ3) is 6.69. The van der Waals surface area contributed by atoms with Gasteiger partial charge in [0.15, 0.2) is 5.82 Å². The number of likely N-dealkylation sites (tertiary alicyclic amines) is 1. The van der Waals surface area contributed by atoms with E-state index in [2.05, 4.69) is 53.9 Å². The van der Waals surface area contributed by atoms with Crippen molar-refractivity contribution >= 4 is 50.6 Å². The van der Waals surface area contributed by atoms with Crippen molar-refractivity contribution in [1.29, 1.82) is 0 Å². The molecule has 0 aliphatic carbocycles. The van der Waals surface area contributed by atoms with Gasteiger partial charge in [-0.05, 0) is 73.3 Å². The number of ether oxygens (including phenoxy) is 1. The number of hydrogen-bond acceptors (Lipinski definition) is 8. The molecule has 3 aromatic carbocycles. The second-order valence-electron chi connectivity index (χ2n) is 14.2. The Morgan fingerprint density at radius 1 is 0.942 bits per heavy atom. The second-order valence-corrected chi connectivity index (χ2v) is 15.0. The van der Waals surface area contributed by atoms with Crippen LogP contribution >= 0.6 is 15.9 Å². The van der Waals surface area contributed by atoms with Gasteiger partial charge in [-0.1, -0.05) is 47.7 Å². The smallest absolute Gasteiger partial charge is 0.410 e. The van der Waals surface area contributed by atoms with Gasteiger partial charge in [0.25, 0.3) is 5.91 Å². The summed E-state index contributed by atoms with van der Waals surface area (Å²) in [4.78, 5) is 38.4. The Hall–Kier alpha value is -5.05. The van der Waals surface area contributed by atoms with Crippen LogP contribution < -0.4 is 10.6 Å². The van der Waals surface area contributed by atoms with Crippen molar-refractivity contribution in [2.24, 2.45) is 0 Å². The number of amides is 2. The highest BCUT2D eigenvalue weighted by atomic mass is 79.9. The summed E-state index contributed by atoms with van der Waals surface area (Å²) < 4.78 is 38.2. The van der Waals surface area contributed by atoms with E-state index < -0.39 is 28.9 Å². The molecule has 2 saturated heterocycles. The predicted octanol–water partition coefficient (Wildman–Crippen LogP) is 6.04. The lowest BCUT2D eigenvalue weighted by Crippen LogP contribution is -2.60. The first kappa shape index (κ1) is 35.4. The minimum absolute atomic E-state index is 0.0187. The number of anilines is 2. The first-order valence-corrected chi connectivity index (χ1v) is 18.0. The van der Waals surface area contributed by atoms with Gasteiger partial charge >= 0.3 is 6.09 Å². The Bertz CT molecular complexity index is 2120. The quantitative estimate of drug-likeness (QED) is 0.164. The summed E-state index contributed by atoms with van der Waals surface area (Å²) >= 11 is 2.89. The molecule has 2 aromatic heterocycles. The van der Waals surface area contributed by atoms with Gasteiger partial charge in [-0.3, -0.25) is 4.79 Å². The molecule has 4 heterocycles. The maximum absolute atomic E-state index is 14.8. The van der Waals surface area contributed by atoms with Crippen molar-refractivity contribution in [3.63, 3.8) is 0 Å². The van der Waals surface area contributed by atoms with Crippen molar-refractivity contribution in [2.75, 3.05) is 49.9 Å². The van der Waals surface area contributed by atoms with Crippen molar-refractivity contribution in [3.8, 4) is 11.3 Å². The zero-order valence-corrected chi connectivity index (χ0v) is 30.8. The number of carbonyl (C=O) groups excluding carboxylic acids is 2. The van der Waals surface area contributed by atoms with E-state index in [4.69, 9.17) is 15.5 Å². The normalized spacial score (nSPS) is 16.4. The predicted molar refractivity (Wildman–Crippen MR) is 197 cm³/mol. The van der Waals surface area contributed by atoms with Gasteiger partial charge in [-0.25, -0.2) is 23.2 Å². The molecule has 0 atom stereocenters. The molecular formula is C37H40BrF2N9O3. The molecule has 0 radical (unpaired) electrons. The van der Waals surface area contributed by atoms with Crippen LogP contribution in [0.2, 0.25) is 0 Å². The van der Waals surface area contributed by atoms with E-state index in [1.165, 1.54) is 10.9 Å². The molecule has 0 bridgehead atoms. The van der Waals surface area contributed by atoms with Gasteiger partial charge in [0, 0.05) is 44.8 Å². The average Bonchev–Trinajstić information content (AvgIpc) is 3.78. The molecule has 12 nitrogen and oxygen atoms in total. The van der Waals surface area contributed by atoms with E-state index in [1.54, 1.807) is 25.7 Å². The Morgan fingerprint density at radius 2 is 1.62 bits per heavy atom. The molecule has 15 heteroatoms. The average molecular weight is 777 g/mol. The van der Waals surface area contributed by atoms with Crippen LogP contribution in [-0.2, 0) is 21.6 Å². The fourth-order valence-electron chi connectivity index (χ4n) is 6.97. The van der Waals surface area contributed by atoms with Crippen LogP contribution in [0.3, 0.4) is 0 Å². The maximum atomic E-state index is 14.8. The molecule has 272 valence electrons. The molecule has 2 fully saturated rings. The van der Waals surface area contributed by atoms with E-state index in [9.17, 15) is 18.4 Å². The van der Waals surface area contributed by atoms with Crippen molar-refractivity contribution in [2.45, 2.75) is 51.3 Å². The first-order valence-electron chi connectivity index (χ1n) is 17.2. The monoisotopic (exact) mass is 775 g/mol. The van der Waals surface area contributed by atoms with Gasteiger partial charge in [-0.2, -0.15) is 0 Å².